The zero-order valence-electron chi connectivity index (χ0n) is 9.43. The minimum absolute atomic E-state index is 0.348. The summed E-state index contributed by atoms with van der Waals surface area (Å²) in [6, 6.07) is 0. The summed E-state index contributed by atoms with van der Waals surface area (Å²) in [6.07, 6.45) is 15.7. The van der Waals surface area contributed by atoms with Gasteiger partial charge in [0.1, 0.15) is 0 Å². The quantitative estimate of drug-likeness (QED) is 0.633. The fourth-order valence-corrected chi connectivity index (χ4v) is 9.95. The van der Waals surface area contributed by atoms with Crippen LogP contribution in [0.4, 0.5) is 0 Å². The molecule has 2 heteroatoms. The van der Waals surface area contributed by atoms with Gasteiger partial charge in [-0.25, -0.2) is 0 Å². The van der Waals surface area contributed by atoms with Crippen molar-refractivity contribution in [2.24, 2.45) is 0 Å². The average Bonchev–Trinajstić information content (AvgIpc) is 2.29. The van der Waals surface area contributed by atoms with E-state index in [1.807, 2.05) is 0 Å². The van der Waals surface area contributed by atoms with Crippen molar-refractivity contribution in [3.63, 3.8) is 0 Å². The second kappa shape index (κ2) is 6.44. The van der Waals surface area contributed by atoms with Crippen LogP contribution in [-0.4, -0.2) is 11.3 Å². The van der Waals surface area contributed by atoms with Crippen LogP contribution in [0.2, 0.25) is 0 Å². The molecular formula is C12H26P2. The van der Waals surface area contributed by atoms with Crippen molar-refractivity contribution >= 4 is 16.5 Å². The van der Waals surface area contributed by atoms with Gasteiger partial charge >= 0.3 is 92.1 Å². The molecule has 14 heavy (non-hydrogen) atoms. The predicted octanol–water partition coefficient (Wildman–Crippen LogP) is 4.39. The summed E-state index contributed by atoms with van der Waals surface area (Å²) in [4.78, 5) is 0. The van der Waals surface area contributed by atoms with E-state index in [2.05, 4.69) is 0 Å². The molecule has 0 N–H and O–H groups in total. The first-order valence-electron chi connectivity index (χ1n) is 6.68. The van der Waals surface area contributed by atoms with E-state index in [0.29, 0.717) is 8.27 Å². The van der Waals surface area contributed by atoms with E-state index in [1.54, 1.807) is 51.4 Å². The molecule has 84 valence electrons. The Morgan fingerprint density at radius 3 is 1.93 bits per heavy atom. The normalized spacial score (nSPS) is 27.7. The molecule has 0 spiro atoms. The van der Waals surface area contributed by atoms with Crippen LogP contribution < -0.4 is 0 Å². The molecule has 2 rings (SSSR count). The maximum atomic E-state index is 1.62. The van der Waals surface area contributed by atoms with Crippen LogP contribution in [0.15, 0.2) is 0 Å². The topological polar surface area (TPSA) is 0 Å². The number of rotatable bonds is 3. The van der Waals surface area contributed by atoms with Crippen LogP contribution in [-0.2, 0) is 0 Å². The van der Waals surface area contributed by atoms with Crippen molar-refractivity contribution in [1.29, 1.82) is 0 Å². The van der Waals surface area contributed by atoms with Gasteiger partial charge in [-0.2, -0.15) is 0 Å². The molecule has 0 nitrogen and oxygen atoms in total. The second-order valence-electron chi connectivity index (χ2n) is 5.25. The molecule has 0 aromatic rings. The van der Waals surface area contributed by atoms with E-state index in [-0.39, 0.29) is 0 Å². The molecule has 2 fully saturated rings. The molecule has 1 unspecified atom stereocenters. The third-order valence-corrected chi connectivity index (χ3v) is 11.0. The van der Waals surface area contributed by atoms with Crippen LogP contribution in [0.5, 0.6) is 0 Å². The average molecular weight is 232 g/mol. The van der Waals surface area contributed by atoms with Crippen LogP contribution >= 0.6 is 16.5 Å². The minimum atomic E-state index is 0.348. The first kappa shape index (κ1) is 11.3. The Labute approximate surface area is 92.5 Å². The van der Waals surface area contributed by atoms with Gasteiger partial charge < -0.3 is 0 Å². The van der Waals surface area contributed by atoms with Crippen molar-refractivity contribution in [3.8, 4) is 0 Å². The summed E-state index contributed by atoms with van der Waals surface area (Å²) in [6.45, 7) is 0. The van der Waals surface area contributed by atoms with Crippen molar-refractivity contribution in [1.82, 2.24) is 0 Å². The Morgan fingerprint density at radius 2 is 1.29 bits per heavy atom. The van der Waals surface area contributed by atoms with Gasteiger partial charge in [-0.1, -0.05) is 0 Å². The fourth-order valence-electron chi connectivity index (χ4n) is 3.03. The number of hydrogen-bond donors (Lipinski definition) is 0. The zero-order chi connectivity index (χ0) is 9.64. The van der Waals surface area contributed by atoms with Gasteiger partial charge in [0.2, 0.25) is 0 Å². The first-order valence-corrected chi connectivity index (χ1v) is 10.9. The van der Waals surface area contributed by atoms with Crippen molar-refractivity contribution < 1.29 is 0 Å². The molecule has 0 radical (unpaired) electrons. The van der Waals surface area contributed by atoms with Crippen LogP contribution in [0, 0.1) is 0 Å². The van der Waals surface area contributed by atoms with E-state index in [1.165, 1.54) is 32.4 Å². The van der Waals surface area contributed by atoms with Gasteiger partial charge in [0, 0.05) is 0 Å². The standard InChI is InChI=1S/C12H26P2/c1-3-7-11(8-4-1)13-14-12-9-5-2-6-10-12/h11-13H,1-10H2,14H3. The van der Waals surface area contributed by atoms with Crippen molar-refractivity contribution in [2.75, 3.05) is 0 Å². The van der Waals surface area contributed by atoms with E-state index >= 15 is 0 Å². The summed E-state index contributed by atoms with van der Waals surface area (Å²) < 4.78 is 0. The van der Waals surface area contributed by atoms with Gasteiger partial charge in [0.15, 0.2) is 0 Å². The van der Waals surface area contributed by atoms with Gasteiger partial charge in [-0.05, 0) is 0 Å². The first-order chi connectivity index (χ1) is 6.95. The maximum absolute atomic E-state index is 1.62. The van der Waals surface area contributed by atoms with Gasteiger partial charge in [-0.3, -0.25) is 0 Å². The molecule has 0 bridgehead atoms. The van der Waals surface area contributed by atoms with E-state index < -0.39 is 0 Å². The van der Waals surface area contributed by atoms with E-state index in [9.17, 15) is 0 Å². The molecule has 0 aliphatic heterocycles. The van der Waals surface area contributed by atoms with E-state index in [4.69, 9.17) is 0 Å². The van der Waals surface area contributed by atoms with Crippen LogP contribution in [0.3, 0.4) is 0 Å². The third-order valence-electron chi connectivity index (χ3n) is 4.03. The Kier molecular flexibility index (Phi) is 5.22. The van der Waals surface area contributed by atoms with Gasteiger partial charge in [-0.15, -0.1) is 0 Å². The molecule has 1 atom stereocenters. The zero-order valence-corrected chi connectivity index (χ0v) is 11.8. The summed E-state index contributed by atoms with van der Waals surface area (Å²) in [5.41, 5.74) is 2.47. The SMILES string of the molecule is C1CCC(P[PH3]C2CCCCC2)CC1. The predicted molar refractivity (Wildman–Crippen MR) is 73.2 cm³/mol. The Bertz CT molecular complexity index is 128. The monoisotopic (exact) mass is 232 g/mol. The molecule has 0 heterocycles. The van der Waals surface area contributed by atoms with Crippen molar-refractivity contribution in [3.05, 3.63) is 0 Å². The summed E-state index contributed by atoms with van der Waals surface area (Å²) in [5.74, 6) is 0. The Morgan fingerprint density at radius 1 is 0.714 bits per heavy atom. The van der Waals surface area contributed by atoms with Gasteiger partial charge in [0.05, 0.1) is 0 Å². The van der Waals surface area contributed by atoms with Crippen molar-refractivity contribution in [2.45, 2.75) is 75.5 Å². The molecule has 0 aromatic heterocycles. The molecule has 0 aromatic carbocycles. The fraction of sp³-hybridized carbons (Fsp3) is 1.00. The van der Waals surface area contributed by atoms with E-state index in [0.717, 1.165) is 0 Å². The molecule has 0 amide bonds. The molecule has 2 saturated carbocycles. The Balaban J connectivity index is 1.60. The molecule has 2 aliphatic rings. The molecular weight excluding hydrogens is 206 g/mol. The van der Waals surface area contributed by atoms with Crippen LogP contribution in [0.1, 0.15) is 64.2 Å². The van der Waals surface area contributed by atoms with Crippen LogP contribution in [0.25, 0.3) is 0 Å². The summed E-state index contributed by atoms with van der Waals surface area (Å²) in [7, 11) is 1.80. The number of hydrogen-bond acceptors (Lipinski definition) is 0. The summed E-state index contributed by atoms with van der Waals surface area (Å²) >= 11 is 0. The summed E-state index contributed by atoms with van der Waals surface area (Å²) in [5, 5.41) is 0. The second-order valence-corrected chi connectivity index (χ2v) is 10.5. The van der Waals surface area contributed by atoms with Gasteiger partial charge in [0.25, 0.3) is 0 Å². The Hall–Kier alpha value is 0.860. The molecule has 0 saturated heterocycles. The third kappa shape index (κ3) is 3.79. The molecule has 2 aliphatic carbocycles.